The van der Waals surface area contributed by atoms with Crippen LogP contribution in [0.15, 0.2) is 36.7 Å². The van der Waals surface area contributed by atoms with E-state index < -0.39 is 6.10 Å². The number of rotatable bonds is 6. The van der Waals surface area contributed by atoms with E-state index in [-0.39, 0.29) is 12.0 Å². The molecule has 0 amide bonds. The van der Waals surface area contributed by atoms with E-state index in [1.54, 1.807) is 6.20 Å². The Bertz CT molecular complexity index is 683. The molecule has 2 aromatic rings. The zero-order chi connectivity index (χ0) is 17.8. The van der Waals surface area contributed by atoms with Crippen molar-refractivity contribution in [3.8, 4) is 5.75 Å². The molecule has 5 heteroatoms. The van der Waals surface area contributed by atoms with E-state index in [4.69, 9.17) is 4.74 Å². The summed E-state index contributed by atoms with van der Waals surface area (Å²) in [5.41, 5.74) is 1.21. The SMILES string of the molecule is CC(C)Oc1ccccc1CN1CCCC(C(O)c2nccn2C)C1. The van der Waals surface area contributed by atoms with Crippen LogP contribution in [0.4, 0.5) is 0 Å². The maximum absolute atomic E-state index is 10.7. The summed E-state index contributed by atoms with van der Waals surface area (Å²) >= 11 is 0. The molecule has 136 valence electrons. The molecule has 1 aliphatic rings. The molecule has 1 N–H and O–H groups in total. The smallest absolute Gasteiger partial charge is 0.137 e. The Morgan fingerprint density at radius 3 is 2.84 bits per heavy atom. The molecule has 2 unspecified atom stereocenters. The second-order valence-corrected chi connectivity index (χ2v) is 7.25. The summed E-state index contributed by atoms with van der Waals surface area (Å²) < 4.78 is 7.86. The van der Waals surface area contributed by atoms with Crippen LogP contribution in [0.3, 0.4) is 0 Å². The normalized spacial score (nSPS) is 20.0. The number of likely N-dealkylation sites (tertiary alicyclic amines) is 1. The lowest BCUT2D eigenvalue weighted by atomic mass is 9.91. The lowest BCUT2D eigenvalue weighted by Gasteiger charge is -2.35. The maximum Gasteiger partial charge on any atom is 0.137 e. The highest BCUT2D eigenvalue weighted by Crippen LogP contribution is 2.30. The second kappa shape index (κ2) is 8.02. The Hall–Kier alpha value is -1.85. The van der Waals surface area contributed by atoms with Crippen LogP contribution < -0.4 is 4.74 Å². The molecule has 25 heavy (non-hydrogen) atoms. The summed E-state index contributed by atoms with van der Waals surface area (Å²) in [5.74, 6) is 1.94. The first-order valence-corrected chi connectivity index (χ1v) is 9.16. The van der Waals surface area contributed by atoms with Gasteiger partial charge >= 0.3 is 0 Å². The third kappa shape index (κ3) is 4.41. The first-order valence-electron chi connectivity index (χ1n) is 9.16. The molecule has 1 aromatic heterocycles. The van der Waals surface area contributed by atoms with E-state index in [1.807, 2.05) is 29.9 Å². The molecule has 5 nitrogen and oxygen atoms in total. The van der Waals surface area contributed by atoms with Crippen LogP contribution in [0, 0.1) is 5.92 Å². The fourth-order valence-electron chi connectivity index (χ4n) is 3.61. The minimum Gasteiger partial charge on any atom is -0.491 e. The van der Waals surface area contributed by atoms with Crippen molar-refractivity contribution >= 4 is 0 Å². The van der Waals surface area contributed by atoms with Gasteiger partial charge in [0.25, 0.3) is 0 Å². The molecule has 0 radical (unpaired) electrons. The first-order chi connectivity index (χ1) is 12.0. The predicted octanol–water partition coefficient (Wildman–Crippen LogP) is 3.15. The van der Waals surface area contributed by atoms with Gasteiger partial charge in [-0.25, -0.2) is 4.98 Å². The van der Waals surface area contributed by atoms with Gasteiger partial charge in [-0.2, -0.15) is 0 Å². The molecular weight excluding hydrogens is 314 g/mol. The molecular formula is C20H29N3O2. The summed E-state index contributed by atoms with van der Waals surface area (Å²) in [7, 11) is 1.94. The molecule has 0 aliphatic carbocycles. The van der Waals surface area contributed by atoms with E-state index in [0.29, 0.717) is 0 Å². The number of imidazole rings is 1. The Labute approximate surface area is 150 Å². The van der Waals surface area contributed by atoms with Gasteiger partial charge in [-0.15, -0.1) is 0 Å². The predicted molar refractivity (Wildman–Crippen MR) is 98.4 cm³/mol. The third-order valence-corrected chi connectivity index (χ3v) is 4.84. The Morgan fingerprint density at radius 2 is 2.12 bits per heavy atom. The van der Waals surface area contributed by atoms with Crippen molar-refractivity contribution in [2.75, 3.05) is 13.1 Å². The Morgan fingerprint density at radius 1 is 1.32 bits per heavy atom. The van der Waals surface area contributed by atoms with Gasteiger partial charge in [-0.3, -0.25) is 4.90 Å². The molecule has 2 atom stereocenters. The van der Waals surface area contributed by atoms with Crippen molar-refractivity contribution in [3.63, 3.8) is 0 Å². The summed E-state index contributed by atoms with van der Waals surface area (Å²) in [6, 6.07) is 8.26. The van der Waals surface area contributed by atoms with Crippen LogP contribution in [-0.4, -0.2) is 38.8 Å². The molecule has 1 aliphatic heterocycles. The average Bonchev–Trinajstić information content (AvgIpc) is 3.02. The van der Waals surface area contributed by atoms with Gasteiger partial charge in [0, 0.05) is 44.0 Å². The van der Waals surface area contributed by atoms with Crippen LogP contribution in [0.1, 0.15) is 44.2 Å². The fraction of sp³-hybridized carbons (Fsp3) is 0.550. The van der Waals surface area contributed by atoms with Gasteiger partial charge in [0.2, 0.25) is 0 Å². The van der Waals surface area contributed by atoms with Crippen molar-refractivity contribution in [2.24, 2.45) is 13.0 Å². The van der Waals surface area contributed by atoms with Gasteiger partial charge in [-0.05, 0) is 39.3 Å². The third-order valence-electron chi connectivity index (χ3n) is 4.84. The highest BCUT2D eigenvalue weighted by molar-refractivity contribution is 5.33. The molecule has 1 aromatic carbocycles. The van der Waals surface area contributed by atoms with Gasteiger partial charge in [0.1, 0.15) is 17.7 Å². The van der Waals surface area contributed by atoms with Crippen LogP contribution in [0.2, 0.25) is 0 Å². The summed E-state index contributed by atoms with van der Waals surface area (Å²) in [5, 5.41) is 10.7. The Kier molecular flexibility index (Phi) is 5.76. The minimum atomic E-state index is -0.509. The molecule has 0 saturated carbocycles. The number of benzene rings is 1. The van der Waals surface area contributed by atoms with Crippen LogP contribution in [0.5, 0.6) is 5.75 Å². The van der Waals surface area contributed by atoms with Crippen molar-refractivity contribution in [1.29, 1.82) is 0 Å². The standard InChI is InChI=1S/C20H29N3O2/c1-15(2)25-18-9-5-4-7-16(18)13-23-11-6-8-17(14-23)19(24)20-21-10-12-22(20)3/h4-5,7,9-10,12,15,17,19,24H,6,8,11,13-14H2,1-3H3. The monoisotopic (exact) mass is 343 g/mol. The number of aliphatic hydroxyl groups excluding tert-OH is 1. The van der Waals surface area contributed by atoms with Gasteiger partial charge in [0.15, 0.2) is 0 Å². The van der Waals surface area contributed by atoms with Crippen molar-refractivity contribution in [3.05, 3.63) is 48.0 Å². The van der Waals surface area contributed by atoms with E-state index in [9.17, 15) is 5.11 Å². The lowest BCUT2D eigenvalue weighted by molar-refractivity contribution is 0.0401. The molecule has 0 bridgehead atoms. The highest BCUT2D eigenvalue weighted by Gasteiger charge is 2.29. The number of hydrogen-bond acceptors (Lipinski definition) is 4. The number of aromatic nitrogens is 2. The number of ether oxygens (including phenoxy) is 1. The van der Waals surface area contributed by atoms with E-state index in [2.05, 4.69) is 35.9 Å². The van der Waals surface area contributed by atoms with Crippen molar-refractivity contribution < 1.29 is 9.84 Å². The molecule has 2 heterocycles. The van der Waals surface area contributed by atoms with E-state index in [0.717, 1.165) is 44.0 Å². The number of aryl methyl sites for hydroxylation is 1. The van der Waals surface area contributed by atoms with Crippen molar-refractivity contribution in [1.82, 2.24) is 14.5 Å². The van der Waals surface area contributed by atoms with Crippen molar-refractivity contribution in [2.45, 2.75) is 45.4 Å². The highest BCUT2D eigenvalue weighted by atomic mass is 16.5. The van der Waals surface area contributed by atoms with Gasteiger partial charge in [-0.1, -0.05) is 18.2 Å². The van der Waals surface area contributed by atoms with E-state index >= 15 is 0 Å². The summed E-state index contributed by atoms with van der Waals surface area (Å²) in [4.78, 5) is 6.74. The number of hydrogen-bond donors (Lipinski definition) is 1. The summed E-state index contributed by atoms with van der Waals surface area (Å²) in [6.07, 6.45) is 5.43. The molecule has 1 saturated heterocycles. The van der Waals surface area contributed by atoms with Gasteiger partial charge < -0.3 is 14.4 Å². The lowest BCUT2D eigenvalue weighted by Crippen LogP contribution is -2.38. The Balaban J connectivity index is 1.67. The fourth-order valence-corrected chi connectivity index (χ4v) is 3.61. The maximum atomic E-state index is 10.7. The zero-order valence-electron chi connectivity index (χ0n) is 15.4. The quantitative estimate of drug-likeness (QED) is 0.875. The molecule has 3 rings (SSSR count). The van der Waals surface area contributed by atoms with E-state index in [1.165, 1.54) is 5.56 Å². The van der Waals surface area contributed by atoms with Crippen LogP contribution in [0.25, 0.3) is 0 Å². The van der Waals surface area contributed by atoms with Gasteiger partial charge in [0.05, 0.1) is 6.10 Å². The minimum absolute atomic E-state index is 0.167. The second-order valence-electron chi connectivity index (χ2n) is 7.25. The number of aliphatic hydroxyl groups is 1. The summed E-state index contributed by atoms with van der Waals surface area (Å²) in [6.45, 7) is 6.89. The number of piperidine rings is 1. The van der Waals surface area contributed by atoms with Crippen LogP contribution >= 0.6 is 0 Å². The number of nitrogens with zero attached hydrogens (tertiary/aromatic N) is 3. The number of para-hydroxylation sites is 1. The average molecular weight is 343 g/mol. The largest absolute Gasteiger partial charge is 0.491 e. The van der Waals surface area contributed by atoms with Crippen LogP contribution in [-0.2, 0) is 13.6 Å². The zero-order valence-corrected chi connectivity index (χ0v) is 15.4. The topological polar surface area (TPSA) is 50.5 Å². The molecule has 1 fully saturated rings. The molecule has 0 spiro atoms. The first kappa shape index (κ1) is 18.0.